The highest BCUT2D eigenvalue weighted by atomic mass is 16.2. The van der Waals surface area contributed by atoms with Crippen molar-refractivity contribution >= 4 is 5.91 Å². The van der Waals surface area contributed by atoms with Gasteiger partial charge in [0.25, 0.3) is 0 Å². The van der Waals surface area contributed by atoms with Crippen LogP contribution in [0.25, 0.3) is 0 Å². The lowest BCUT2D eigenvalue weighted by atomic mass is 9.79. The number of nitrogens with zero attached hydrogens (tertiary/aromatic N) is 1. The molecule has 2 nitrogen and oxygen atoms in total. The molecule has 2 heteroatoms. The van der Waals surface area contributed by atoms with Crippen molar-refractivity contribution in [3.8, 4) is 0 Å². The lowest BCUT2D eigenvalue weighted by Gasteiger charge is -2.40. The van der Waals surface area contributed by atoms with E-state index in [0.717, 1.165) is 19.4 Å². The first-order valence-electron chi connectivity index (χ1n) is 7.54. The maximum absolute atomic E-state index is 12.7. The van der Waals surface area contributed by atoms with Crippen LogP contribution in [0.3, 0.4) is 0 Å². The van der Waals surface area contributed by atoms with Gasteiger partial charge >= 0.3 is 0 Å². The van der Waals surface area contributed by atoms with Gasteiger partial charge in [-0.3, -0.25) is 4.79 Å². The number of hydrogen-bond donors (Lipinski definition) is 0. The molecule has 17 heavy (non-hydrogen) atoms. The summed E-state index contributed by atoms with van der Waals surface area (Å²) < 4.78 is 0. The van der Waals surface area contributed by atoms with Crippen molar-refractivity contribution in [1.29, 1.82) is 0 Å². The van der Waals surface area contributed by atoms with Crippen molar-refractivity contribution in [1.82, 2.24) is 4.90 Å². The van der Waals surface area contributed by atoms with Crippen LogP contribution in [0.1, 0.15) is 65.2 Å². The van der Waals surface area contributed by atoms with Crippen LogP contribution in [0.4, 0.5) is 0 Å². The second-order valence-electron chi connectivity index (χ2n) is 5.96. The summed E-state index contributed by atoms with van der Waals surface area (Å²) in [5, 5.41) is 0. The molecule has 1 aliphatic carbocycles. The Bertz CT molecular complexity index is 264. The summed E-state index contributed by atoms with van der Waals surface area (Å²) in [5.41, 5.74) is 0. The molecule has 3 atom stereocenters. The van der Waals surface area contributed by atoms with Crippen molar-refractivity contribution in [3.05, 3.63) is 0 Å². The molecule has 2 fully saturated rings. The quantitative estimate of drug-likeness (QED) is 0.718. The van der Waals surface area contributed by atoms with Gasteiger partial charge in [-0.25, -0.2) is 0 Å². The van der Waals surface area contributed by atoms with E-state index in [9.17, 15) is 4.79 Å². The molecule has 0 bridgehead atoms. The number of likely N-dealkylation sites (tertiary alicyclic amines) is 1. The third-order valence-corrected chi connectivity index (χ3v) is 4.81. The topological polar surface area (TPSA) is 20.3 Å². The lowest BCUT2D eigenvalue weighted by molar-refractivity contribution is -0.142. The third kappa shape index (κ3) is 2.83. The lowest BCUT2D eigenvalue weighted by Crippen LogP contribution is -2.47. The van der Waals surface area contributed by atoms with Gasteiger partial charge < -0.3 is 4.90 Å². The first-order valence-corrected chi connectivity index (χ1v) is 7.54. The zero-order chi connectivity index (χ0) is 12.3. The molecule has 0 radical (unpaired) electrons. The van der Waals surface area contributed by atoms with Crippen LogP contribution in [-0.2, 0) is 4.79 Å². The molecule has 1 aliphatic heterocycles. The zero-order valence-corrected chi connectivity index (χ0v) is 11.5. The van der Waals surface area contributed by atoms with E-state index in [1.807, 2.05) is 0 Å². The van der Waals surface area contributed by atoms with Gasteiger partial charge in [0.1, 0.15) is 0 Å². The number of hydrogen-bond acceptors (Lipinski definition) is 1. The SMILES string of the molecule is CCC1CCCCN1C(=O)C1CCCCC1C. The fraction of sp³-hybridized carbons (Fsp3) is 0.933. The van der Waals surface area contributed by atoms with Crippen molar-refractivity contribution in [2.75, 3.05) is 6.54 Å². The first kappa shape index (κ1) is 12.9. The van der Waals surface area contributed by atoms with Crippen LogP contribution in [0.15, 0.2) is 0 Å². The second-order valence-corrected chi connectivity index (χ2v) is 5.96. The van der Waals surface area contributed by atoms with Crippen molar-refractivity contribution in [2.45, 2.75) is 71.3 Å². The van der Waals surface area contributed by atoms with Gasteiger partial charge in [-0.05, 0) is 44.4 Å². The van der Waals surface area contributed by atoms with E-state index in [-0.39, 0.29) is 0 Å². The van der Waals surface area contributed by atoms with Crippen LogP contribution in [0, 0.1) is 11.8 Å². The first-order chi connectivity index (χ1) is 8.24. The Kier molecular flexibility index (Phi) is 4.47. The number of carbonyl (C=O) groups excluding carboxylic acids is 1. The van der Waals surface area contributed by atoms with Crippen LogP contribution in [-0.4, -0.2) is 23.4 Å². The van der Waals surface area contributed by atoms with Gasteiger partial charge in [0.05, 0.1) is 0 Å². The van der Waals surface area contributed by atoms with E-state index in [1.54, 1.807) is 0 Å². The van der Waals surface area contributed by atoms with Gasteiger partial charge in [0, 0.05) is 18.5 Å². The molecule has 98 valence electrons. The number of carbonyl (C=O) groups is 1. The fourth-order valence-corrected chi connectivity index (χ4v) is 3.61. The maximum Gasteiger partial charge on any atom is 0.226 e. The van der Waals surface area contributed by atoms with Gasteiger partial charge in [-0.1, -0.05) is 26.7 Å². The van der Waals surface area contributed by atoms with E-state index < -0.39 is 0 Å². The van der Waals surface area contributed by atoms with Crippen LogP contribution < -0.4 is 0 Å². The Hall–Kier alpha value is -0.530. The van der Waals surface area contributed by atoms with Crippen LogP contribution in [0.5, 0.6) is 0 Å². The van der Waals surface area contributed by atoms with Gasteiger partial charge in [0.2, 0.25) is 5.91 Å². The monoisotopic (exact) mass is 237 g/mol. The Labute approximate surface area is 106 Å². The third-order valence-electron chi connectivity index (χ3n) is 4.81. The minimum Gasteiger partial charge on any atom is -0.339 e. The molecule has 1 saturated heterocycles. The number of amides is 1. The summed E-state index contributed by atoms with van der Waals surface area (Å²) in [7, 11) is 0. The van der Waals surface area contributed by atoms with E-state index in [0.29, 0.717) is 23.8 Å². The summed E-state index contributed by atoms with van der Waals surface area (Å²) in [6, 6.07) is 0.533. The van der Waals surface area contributed by atoms with E-state index in [2.05, 4.69) is 18.7 Å². The molecular weight excluding hydrogens is 210 g/mol. The summed E-state index contributed by atoms with van der Waals surface area (Å²) in [4.78, 5) is 14.9. The molecule has 2 rings (SSSR count). The molecule has 1 heterocycles. The summed E-state index contributed by atoms with van der Waals surface area (Å²) >= 11 is 0. The predicted molar refractivity (Wildman–Crippen MR) is 70.8 cm³/mol. The van der Waals surface area contributed by atoms with Gasteiger partial charge in [-0.2, -0.15) is 0 Å². The molecule has 1 saturated carbocycles. The minimum atomic E-state index is 0.330. The number of rotatable bonds is 2. The number of piperidine rings is 1. The van der Waals surface area contributed by atoms with Crippen molar-refractivity contribution in [2.24, 2.45) is 11.8 Å². The van der Waals surface area contributed by atoms with E-state index >= 15 is 0 Å². The Morgan fingerprint density at radius 3 is 2.53 bits per heavy atom. The zero-order valence-electron chi connectivity index (χ0n) is 11.5. The highest BCUT2D eigenvalue weighted by Gasteiger charge is 2.34. The predicted octanol–water partition coefficient (Wildman–Crippen LogP) is 3.60. The minimum absolute atomic E-state index is 0.330. The van der Waals surface area contributed by atoms with Gasteiger partial charge in [0.15, 0.2) is 0 Å². The summed E-state index contributed by atoms with van der Waals surface area (Å²) in [6.07, 6.45) is 9.84. The van der Waals surface area contributed by atoms with Crippen molar-refractivity contribution in [3.63, 3.8) is 0 Å². The van der Waals surface area contributed by atoms with Gasteiger partial charge in [-0.15, -0.1) is 0 Å². The molecule has 2 aliphatic rings. The Balaban J connectivity index is 2.01. The van der Waals surface area contributed by atoms with Crippen LogP contribution in [0.2, 0.25) is 0 Å². The van der Waals surface area contributed by atoms with E-state index in [1.165, 1.54) is 38.5 Å². The van der Waals surface area contributed by atoms with Crippen LogP contribution >= 0.6 is 0 Å². The Morgan fingerprint density at radius 2 is 1.82 bits per heavy atom. The standard InChI is InChI=1S/C15H27NO/c1-3-13-9-6-7-11-16(13)15(17)14-10-5-4-8-12(14)2/h12-14H,3-11H2,1-2H3. The highest BCUT2D eigenvalue weighted by molar-refractivity contribution is 5.79. The molecule has 0 spiro atoms. The van der Waals surface area contributed by atoms with Crippen molar-refractivity contribution < 1.29 is 4.79 Å². The Morgan fingerprint density at radius 1 is 1.12 bits per heavy atom. The smallest absolute Gasteiger partial charge is 0.226 e. The molecule has 0 aromatic heterocycles. The highest BCUT2D eigenvalue weighted by Crippen LogP contribution is 2.33. The average Bonchev–Trinajstić information content (AvgIpc) is 2.38. The largest absolute Gasteiger partial charge is 0.339 e. The average molecular weight is 237 g/mol. The summed E-state index contributed by atoms with van der Waals surface area (Å²) in [6.45, 7) is 5.51. The molecule has 0 aromatic rings. The molecule has 1 amide bonds. The molecule has 0 aromatic carbocycles. The molecule has 0 N–H and O–H groups in total. The molecular formula is C15H27NO. The maximum atomic E-state index is 12.7. The fourth-order valence-electron chi connectivity index (χ4n) is 3.61. The normalized spacial score (nSPS) is 34.7. The van der Waals surface area contributed by atoms with E-state index in [4.69, 9.17) is 0 Å². The molecule has 3 unspecified atom stereocenters. The second kappa shape index (κ2) is 5.88. The summed E-state index contributed by atoms with van der Waals surface area (Å²) in [5.74, 6) is 1.41.